The zero-order valence-corrected chi connectivity index (χ0v) is 8.78. The quantitative estimate of drug-likeness (QED) is 0.786. The molecule has 0 bridgehead atoms. The van der Waals surface area contributed by atoms with Crippen LogP contribution in [0.15, 0.2) is 24.5 Å². The van der Waals surface area contributed by atoms with Crippen LogP contribution in [0.4, 0.5) is 5.69 Å². The molecule has 0 saturated carbocycles. The average Bonchev–Trinajstić information content (AvgIpc) is 2.59. The monoisotopic (exact) mass is 189 g/mol. The molecule has 0 aromatic carbocycles. The summed E-state index contributed by atoms with van der Waals surface area (Å²) in [6.45, 7) is 4.31. The lowest BCUT2D eigenvalue weighted by molar-refractivity contribution is 0.770. The van der Waals surface area contributed by atoms with Gasteiger partial charge in [-0.3, -0.25) is 0 Å². The number of hydrogen-bond donors (Lipinski definition) is 1. The third-order valence-corrected chi connectivity index (χ3v) is 2.37. The number of hydrogen-bond acceptors (Lipinski definition) is 2. The number of nitrogens with zero attached hydrogens (tertiary/aromatic N) is 2. The van der Waals surface area contributed by atoms with Crippen molar-refractivity contribution >= 4 is 11.2 Å². The molecule has 2 aromatic rings. The van der Waals surface area contributed by atoms with E-state index in [0.717, 1.165) is 17.0 Å². The van der Waals surface area contributed by atoms with Crippen molar-refractivity contribution in [2.24, 2.45) is 0 Å². The zero-order valence-electron chi connectivity index (χ0n) is 8.78. The predicted octanol–water partition coefficient (Wildman–Crippen LogP) is 2.50. The van der Waals surface area contributed by atoms with Gasteiger partial charge in [-0.25, -0.2) is 4.98 Å². The molecule has 1 N–H and O–H groups in total. The molecule has 3 heteroatoms. The van der Waals surface area contributed by atoms with Crippen molar-refractivity contribution in [3.05, 3.63) is 30.4 Å². The molecule has 14 heavy (non-hydrogen) atoms. The molecule has 0 aliphatic heterocycles. The summed E-state index contributed by atoms with van der Waals surface area (Å²) in [5, 5.41) is 3.12. The van der Waals surface area contributed by atoms with Crippen LogP contribution in [0, 0.1) is 0 Å². The maximum absolute atomic E-state index is 4.41. The fourth-order valence-electron chi connectivity index (χ4n) is 1.60. The molecule has 0 radical (unpaired) electrons. The van der Waals surface area contributed by atoms with Gasteiger partial charge in [0, 0.05) is 24.8 Å². The number of fused-ring (bicyclic) bond motifs is 1. The molecule has 0 amide bonds. The molecule has 2 aromatic heterocycles. The van der Waals surface area contributed by atoms with Crippen LogP contribution in [-0.2, 0) is 0 Å². The third-order valence-electron chi connectivity index (χ3n) is 2.37. The zero-order chi connectivity index (χ0) is 10.1. The number of nitrogens with one attached hydrogen (secondary N) is 1. The maximum atomic E-state index is 4.41. The summed E-state index contributed by atoms with van der Waals surface area (Å²) in [6, 6.07) is 4.15. The summed E-state index contributed by atoms with van der Waals surface area (Å²) in [7, 11) is 1.92. The molecular formula is C11H15N3. The highest BCUT2D eigenvalue weighted by Gasteiger charge is 2.06. The second kappa shape index (κ2) is 3.33. The Morgan fingerprint density at radius 3 is 2.86 bits per heavy atom. The number of imidazole rings is 1. The second-order valence-electron chi connectivity index (χ2n) is 3.73. The van der Waals surface area contributed by atoms with Crippen LogP contribution < -0.4 is 5.32 Å². The molecule has 2 heterocycles. The Bertz CT molecular complexity index is 443. The van der Waals surface area contributed by atoms with E-state index in [1.165, 1.54) is 0 Å². The van der Waals surface area contributed by atoms with Gasteiger partial charge < -0.3 is 9.72 Å². The highest BCUT2D eigenvalue weighted by molar-refractivity contribution is 5.58. The van der Waals surface area contributed by atoms with E-state index in [2.05, 4.69) is 46.9 Å². The lowest BCUT2D eigenvalue weighted by Crippen LogP contribution is -1.97. The molecule has 3 nitrogen and oxygen atoms in total. The smallest absolute Gasteiger partial charge is 0.115 e. The lowest BCUT2D eigenvalue weighted by Gasteiger charge is -2.05. The van der Waals surface area contributed by atoms with Crippen LogP contribution in [0.5, 0.6) is 0 Å². The van der Waals surface area contributed by atoms with E-state index in [-0.39, 0.29) is 0 Å². The van der Waals surface area contributed by atoms with Crippen molar-refractivity contribution in [3.63, 3.8) is 0 Å². The normalized spacial score (nSPS) is 11.1. The molecule has 0 fully saturated rings. The van der Waals surface area contributed by atoms with E-state index in [4.69, 9.17) is 0 Å². The number of anilines is 1. The number of rotatable bonds is 2. The topological polar surface area (TPSA) is 29.3 Å². The van der Waals surface area contributed by atoms with Gasteiger partial charge in [0.15, 0.2) is 0 Å². The van der Waals surface area contributed by atoms with Gasteiger partial charge in [0.2, 0.25) is 0 Å². The summed E-state index contributed by atoms with van der Waals surface area (Å²) in [4.78, 5) is 4.41. The fourth-order valence-corrected chi connectivity index (χ4v) is 1.60. The Labute approximate surface area is 83.8 Å². The predicted molar refractivity (Wildman–Crippen MR) is 58.8 cm³/mol. The van der Waals surface area contributed by atoms with Crippen LogP contribution in [-0.4, -0.2) is 16.4 Å². The van der Waals surface area contributed by atoms with Gasteiger partial charge in [-0.1, -0.05) is 13.8 Å². The Hall–Kier alpha value is -1.51. The highest BCUT2D eigenvalue weighted by atomic mass is 15.0. The van der Waals surface area contributed by atoms with Crippen LogP contribution in [0.25, 0.3) is 5.52 Å². The van der Waals surface area contributed by atoms with E-state index in [1.807, 2.05) is 13.2 Å². The minimum atomic E-state index is 0.456. The molecule has 0 atom stereocenters. The van der Waals surface area contributed by atoms with E-state index >= 15 is 0 Å². The van der Waals surface area contributed by atoms with Gasteiger partial charge in [0.05, 0.1) is 11.7 Å². The Kier molecular flexibility index (Phi) is 2.15. The van der Waals surface area contributed by atoms with Crippen LogP contribution >= 0.6 is 0 Å². The average molecular weight is 189 g/mol. The SMILES string of the molecule is CNc1ccn2c(C(C)C)ncc2c1. The molecule has 74 valence electrons. The Morgan fingerprint density at radius 2 is 2.21 bits per heavy atom. The molecule has 0 aliphatic carbocycles. The van der Waals surface area contributed by atoms with Gasteiger partial charge >= 0.3 is 0 Å². The first-order chi connectivity index (χ1) is 6.72. The van der Waals surface area contributed by atoms with Gasteiger partial charge in [-0.05, 0) is 12.1 Å². The van der Waals surface area contributed by atoms with Crippen LogP contribution in [0.3, 0.4) is 0 Å². The van der Waals surface area contributed by atoms with Gasteiger partial charge in [0.1, 0.15) is 5.82 Å². The van der Waals surface area contributed by atoms with Gasteiger partial charge in [0.25, 0.3) is 0 Å². The van der Waals surface area contributed by atoms with Crippen LogP contribution in [0.2, 0.25) is 0 Å². The first-order valence-corrected chi connectivity index (χ1v) is 4.87. The summed E-state index contributed by atoms with van der Waals surface area (Å²) < 4.78 is 2.13. The van der Waals surface area contributed by atoms with Crippen molar-refractivity contribution in [1.29, 1.82) is 0 Å². The van der Waals surface area contributed by atoms with E-state index in [9.17, 15) is 0 Å². The third kappa shape index (κ3) is 1.35. The lowest BCUT2D eigenvalue weighted by atomic mass is 10.2. The van der Waals surface area contributed by atoms with Gasteiger partial charge in [-0.15, -0.1) is 0 Å². The van der Waals surface area contributed by atoms with E-state index < -0.39 is 0 Å². The molecule has 0 spiro atoms. The van der Waals surface area contributed by atoms with Crippen LogP contribution in [0.1, 0.15) is 25.6 Å². The molecule has 0 aliphatic rings. The fraction of sp³-hybridized carbons (Fsp3) is 0.364. The first-order valence-electron chi connectivity index (χ1n) is 4.87. The standard InChI is InChI=1S/C11H15N3/c1-8(2)11-13-7-10-6-9(12-3)4-5-14(10)11/h4-8,12H,1-3H3. The highest BCUT2D eigenvalue weighted by Crippen LogP contribution is 2.18. The Balaban J connectivity index is 2.59. The largest absolute Gasteiger partial charge is 0.388 e. The minimum absolute atomic E-state index is 0.456. The van der Waals surface area contributed by atoms with Crippen molar-refractivity contribution in [2.75, 3.05) is 12.4 Å². The minimum Gasteiger partial charge on any atom is -0.388 e. The van der Waals surface area contributed by atoms with E-state index in [1.54, 1.807) is 0 Å². The number of aromatic nitrogens is 2. The summed E-state index contributed by atoms with van der Waals surface area (Å²) >= 11 is 0. The van der Waals surface area contributed by atoms with Crippen molar-refractivity contribution in [3.8, 4) is 0 Å². The molecule has 0 unspecified atom stereocenters. The van der Waals surface area contributed by atoms with Crippen molar-refractivity contribution in [1.82, 2.24) is 9.38 Å². The summed E-state index contributed by atoms with van der Waals surface area (Å²) in [6.07, 6.45) is 3.97. The maximum Gasteiger partial charge on any atom is 0.115 e. The second-order valence-corrected chi connectivity index (χ2v) is 3.73. The van der Waals surface area contributed by atoms with Crippen molar-refractivity contribution < 1.29 is 0 Å². The summed E-state index contributed by atoms with van der Waals surface area (Å²) in [5.74, 6) is 1.57. The van der Waals surface area contributed by atoms with E-state index in [0.29, 0.717) is 5.92 Å². The molecule has 2 rings (SSSR count). The van der Waals surface area contributed by atoms with Gasteiger partial charge in [-0.2, -0.15) is 0 Å². The first kappa shape index (κ1) is 9.06. The van der Waals surface area contributed by atoms with Crippen molar-refractivity contribution in [2.45, 2.75) is 19.8 Å². The Morgan fingerprint density at radius 1 is 1.43 bits per heavy atom. The molecular weight excluding hydrogens is 174 g/mol. The molecule has 0 saturated heterocycles. The number of pyridine rings is 1. The summed E-state index contributed by atoms with van der Waals surface area (Å²) in [5.41, 5.74) is 2.26.